The van der Waals surface area contributed by atoms with Gasteiger partial charge in [0.2, 0.25) is 5.95 Å². The van der Waals surface area contributed by atoms with Crippen LogP contribution in [0.3, 0.4) is 0 Å². The normalized spacial score (nSPS) is 10.2. The van der Waals surface area contributed by atoms with Crippen LogP contribution in [0.2, 0.25) is 10.0 Å². The topological polar surface area (TPSA) is 104 Å². The number of rotatable bonds is 4. The van der Waals surface area contributed by atoms with E-state index < -0.39 is 11.9 Å². The zero-order chi connectivity index (χ0) is 22.4. The average molecular weight is 450 g/mol. The van der Waals surface area contributed by atoms with E-state index in [1.165, 1.54) is 11.1 Å². The summed E-state index contributed by atoms with van der Waals surface area (Å²) in [6.07, 6.45) is 1.89. The SMILES string of the molecule is Cc1ccc(-c2cnc(NCc3ccc(Cl)c(Cl)c3)n2C)cc1C.O=C(O)C(=O)O. The van der Waals surface area contributed by atoms with E-state index in [1.54, 1.807) is 6.07 Å². The first-order chi connectivity index (χ1) is 14.1. The van der Waals surface area contributed by atoms with Gasteiger partial charge in [-0.05, 0) is 48.7 Å². The first-order valence-electron chi connectivity index (χ1n) is 8.83. The fraction of sp³-hybridized carbons (Fsp3) is 0.190. The minimum atomic E-state index is -1.82. The highest BCUT2D eigenvalue weighted by Gasteiger charge is 2.09. The van der Waals surface area contributed by atoms with Gasteiger partial charge >= 0.3 is 11.9 Å². The number of nitrogens with zero attached hydrogens (tertiary/aromatic N) is 2. The Morgan fingerprint density at radius 3 is 2.23 bits per heavy atom. The van der Waals surface area contributed by atoms with Gasteiger partial charge in [0.25, 0.3) is 0 Å². The van der Waals surface area contributed by atoms with Crippen molar-refractivity contribution in [3.8, 4) is 11.3 Å². The van der Waals surface area contributed by atoms with Gasteiger partial charge in [-0.3, -0.25) is 0 Å². The van der Waals surface area contributed by atoms with Crippen LogP contribution >= 0.6 is 23.2 Å². The van der Waals surface area contributed by atoms with Crippen LogP contribution in [0, 0.1) is 13.8 Å². The Morgan fingerprint density at radius 2 is 1.67 bits per heavy atom. The van der Waals surface area contributed by atoms with Crippen LogP contribution in [0.15, 0.2) is 42.6 Å². The maximum Gasteiger partial charge on any atom is 0.414 e. The number of aryl methyl sites for hydroxylation is 2. The number of imidazole rings is 1. The lowest BCUT2D eigenvalue weighted by Crippen LogP contribution is -2.09. The summed E-state index contributed by atoms with van der Waals surface area (Å²) in [6, 6.07) is 12.1. The molecular weight excluding hydrogens is 429 g/mol. The minimum absolute atomic E-state index is 0.562. The quantitative estimate of drug-likeness (QED) is 0.495. The Bertz CT molecular complexity index is 1070. The zero-order valence-corrected chi connectivity index (χ0v) is 18.1. The number of hydrogen-bond donors (Lipinski definition) is 3. The van der Waals surface area contributed by atoms with Crippen molar-refractivity contribution >= 4 is 41.1 Å². The highest BCUT2D eigenvalue weighted by atomic mass is 35.5. The minimum Gasteiger partial charge on any atom is -0.473 e. The van der Waals surface area contributed by atoms with Crippen molar-refractivity contribution in [3.63, 3.8) is 0 Å². The van der Waals surface area contributed by atoms with Crippen molar-refractivity contribution in [2.24, 2.45) is 7.05 Å². The number of anilines is 1. The molecule has 0 aliphatic heterocycles. The molecule has 0 aliphatic rings. The van der Waals surface area contributed by atoms with Crippen molar-refractivity contribution in [2.45, 2.75) is 20.4 Å². The third-order valence-corrected chi connectivity index (χ3v) is 5.15. The van der Waals surface area contributed by atoms with E-state index in [9.17, 15) is 0 Å². The van der Waals surface area contributed by atoms with E-state index in [0.717, 1.165) is 22.8 Å². The predicted molar refractivity (Wildman–Crippen MR) is 117 cm³/mol. The molecule has 0 saturated heterocycles. The Labute approximate surface area is 183 Å². The summed E-state index contributed by atoms with van der Waals surface area (Å²) in [4.78, 5) is 22.7. The molecule has 3 rings (SSSR count). The van der Waals surface area contributed by atoms with E-state index in [0.29, 0.717) is 16.6 Å². The highest BCUT2D eigenvalue weighted by Crippen LogP contribution is 2.25. The number of carboxylic acids is 2. The third kappa shape index (κ3) is 5.98. The van der Waals surface area contributed by atoms with Crippen LogP contribution in [0.5, 0.6) is 0 Å². The molecule has 3 aromatic rings. The van der Waals surface area contributed by atoms with E-state index in [4.69, 9.17) is 43.0 Å². The van der Waals surface area contributed by atoms with Crippen LogP contribution in [-0.2, 0) is 23.2 Å². The van der Waals surface area contributed by atoms with E-state index in [-0.39, 0.29) is 0 Å². The summed E-state index contributed by atoms with van der Waals surface area (Å²) in [5, 5.41) is 19.3. The number of nitrogens with one attached hydrogen (secondary N) is 1. The van der Waals surface area contributed by atoms with Crippen LogP contribution in [0.1, 0.15) is 16.7 Å². The van der Waals surface area contributed by atoms with Gasteiger partial charge in [-0.1, -0.05) is 41.4 Å². The monoisotopic (exact) mass is 449 g/mol. The molecule has 0 radical (unpaired) electrons. The van der Waals surface area contributed by atoms with Gasteiger partial charge in [0.15, 0.2) is 0 Å². The van der Waals surface area contributed by atoms with E-state index >= 15 is 0 Å². The van der Waals surface area contributed by atoms with Crippen LogP contribution in [0.4, 0.5) is 5.95 Å². The number of carboxylic acid groups (broad SMARTS) is 2. The highest BCUT2D eigenvalue weighted by molar-refractivity contribution is 6.42. The number of aliphatic carboxylic acids is 2. The second kappa shape index (κ2) is 10.1. The lowest BCUT2D eigenvalue weighted by atomic mass is 10.0. The van der Waals surface area contributed by atoms with Crippen LogP contribution in [0.25, 0.3) is 11.3 Å². The average Bonchev–Trinajstić information content (AvgIpc) is 3.06. The van der Waals surface area contributed by atoms with Crippen LogP contribution in [-0.4, -0.2) is 31.7 Å². The van der Waals surface area contributed by atoms with Crippen molar-refractivity contribution in [1.82, 2.24) is 9.55 Å². The number of carbonyl (C=O) groups is 2. The molecule has 0 saturated carbocycles. The molecule has 1 heterocycles. The molecule has 0 spiro atoms. The molecule has 0 unspecified atom stereocenters. The maximum atomic E-state index is 9.10. The Kier molecular flexibility index (Phi) is 7.86. The third-order valence-electron chi connectivity index (χ3n) is 4.41. The van der Waals surface area contributed by atoms with Crippen molar-refractivity contribution in [1.29, 1.82) is 0 Å². The summed E-state index contributed by atoms with van der Waals surface area (Å²) in [5.74, 6) is -2.83. The first kappa shape index (κ1) is 23.3. The summed E-state index contributed by atoms with van der Waals surface area (Å²) in [7, 11) is 2.01. The fourth-order valence-corrected chi connectivity index (χ4v) is 2.89. The second-order valence-corrected chi connectivity index (χ2v) is 7.35. The summed E-state index contributed by atoms with van der Waals surface area (Å²) in [5.41, 5.74) is 5.86. The van der Waals surface area contributed by atoms with Gasteiger partial charge in [-0.2, -0.15) is 0 Å². The van der Waals surface area contributed by atoms with Gasteiger partial charge in [0.05, 0.1) is 21.9 Å². The standard InChI is InChI=1S/C19H19Cl2N3.C2H2O4/c1-12-4-6-15(8-13(12)2)18-11-23-19(24(18)3)22-10-14-5-7-16(20)17(21)9-14;3-1(4)2(5)6/h4-9,11H,10H2,1-3H3,(H,22,23);(H,3,4)(H,5,6). The van der Waals surface area contributed by atoms with Gasteiger partial charge < -0.3 is 20.1 Å². The Balaban J connectivity index is 0.000000469. The number of halogens is 2. The molecule has 3 N–H and O–H groups in total. The van der Waals surface area contributed by atoms with Gasteiger partial charge in [-0.15, -0.1) is 0 Å². The van der Waals surface area contributed by atoms with E-state index in [1.807, 2.05) is 25.4 Å². The molecule has 0 aliphatic carbocycles. The molecule has 30 heavy (non-hydrogen) atoms. The lowest BCUT2D eigenvalue weighted by Gasteiger charge is -2.10. The maximum absolute atomic E-state index is 9.10. The molecule has 158 valence electrons. The van der Waals surface area contributed by atoms with Crippen molar-refractivity contribution in [2.75, 3.05) is 5.32 Å². The molecule has 2 aromatic carbocycles. The number of hydrogen-bond acceptors (Lipinski definition) is 4. The van der Waals surface area contributed by atoms with Gasteiger partial charge in [-0.25, -0.2) is 14.6 Å². The van der Waals surface area contributed by atoms with Gasteiger partial charge in [0, 0.05) is 19.2 Å². The van der Waals surface area contributed by atoms with Crippen LogP contribution < -0.4 is 5.32 Å². The lowest BCUT2D eigenvalue weighted by molar-refractivity contribution is -0.159. The van der Waals surface area contributed by atoms with Crippen molar-refractivity contribution in [3.05, 3.63) is 69.3 Å². The smallest absolute Gasteiger partial charge is 0.414 e. The Morgan fingerprint density at radius 1 is 1.00 bits per heavy atom. The molecular formula is C21H21Cl2N3O4. The van der Waals surface area contributed by atoms with Crippen molar-refractivity contribution < 1.29 is 19.8 Å². The predicted octanol–water partition coefficient (Wildman–Crippen LogP) is 4.78. The molecule has 1 aromatic heterocycles. The fourth-order valence-electron chi connectivity index (χ4n) is 2.57. The number of aromatic nitrogens is 2. The molecule has 0 fully saturated rings. The number of benzene rings is 2. The zero-order valence-electron chi connectivity index (χ0n) is 16.6. The Hall–Kier alpha value is -3.03. The summed E-state index contributed by atoms with van der Waals surface area (Å²) >= 11 is 12.0. The summed E-state index contributed by atoms with van der Waals surface area (Å²) < 4.78 is 2.06. The second-order valence-electron chi connectivity index (χ2n) is 6.54. The molecule has 7 nitrogen and oxygen atoms in total. The molecule has 0 amide bonds. The van der Waals surface area contributed by atoms with Gasteiger partial charge in [0.1, 0.15) is 0 Å². The first-order valence-corrected chi connectivity index (χ1v) is 9.59. The molecule has 9 heteroatoms. The van der Waals surface area contributed by atoms with E-state index in [2.05, 4.69) is 46.9 Å². The largest absolute Gasteiger partial charge is 0.473 e. The summed E-state index contributed by atoms with van der Waals surface area (Å²) in [6.45, 7) is 4.87. The molecule has 0 bridgehead atoms. The molecule has 0 atom stereocenters.